The first-order chi connectivity index (χ1) is 2.00. The van der Waals surface area contributed by atoms with E-state index in [1.807, 2.05) is 20.8 Å². The maximum absolute atomic E-state index is 5.35. The average molecular weight is 257 g/mol. The van der Waals surface area contributed by atoms with Crippen LogP contribution in [0.4, 0.5) is 0 Å². The van der Waals surface area contributed by atoms with Crippen LogP contribution in [0.2, 0.25) is 0 Å². The number of hydrogen-bond acceptors (Lipinski definition) is 1. The number of rotatable bonds is 0. The largest absolute Gasteiger partial charge is 0.326 e. The van der Waals surface area contributed by atoms with Crippen LogP contribution in [-0.4, -0.2) is 5.54 Å². The Morgan fingerprint density at radius 2 is 1.17 bits per heavy atom. The van der Waals surface area contributed by atoms with Gasteiger partial charge in [-0.05, 0) is 20.8 Å². The molecule has 0 fully saturated rings. The molecule has 0 amide bonds. The van der Waals surface area contributed by atoms with Crippen LogP contribution < -0.4 is 5.73 Å². The summed E-state index contributed by atoms with van der Waals surface area (Å²) in [5.41, 5.74) is 5.35. The Balaban J connectivity index is 0. The van der Waals surface area contributed by atoms with Crippen molar-refractivity contribution in [2.45, 2.75) is 26.3 Å². The molecule has 0 aliphatic heterocycles. The molecule has 0 spiro atoms. The molecule has 0 rings (SSSR count). The smallest absolute Gasteiger partial charge is 0.00686 e. The summed E-state index contributed by atoms with van der Waals surface area (Å²) < 4.78 is 0. The van der Waals surface area contributed by atoms with Gasteiger partial charge in [0.15, 0.2) is 0 Å². The molecule has 6 heavy (non-hydrogen) atoms. The predicted molar refractivity (Wildman–Crippen MR) is 23.9 cm³/mol. The van der Waals surface area contributed by atoms with Gasteiger partial charge in [-0.1, -0.05) is 0 Å². The SMILES string of the molecule is CC(C)(C)N.[W]. The third kappa shape index (κ3) is 147. The van der Waals surface area contributed by atoms with Crippen LogP contribution in [0.5, 0.6) is 0 Å². The second-order valence-electron chi connectivity index (χ2n) is 2.37. The molecular weight excluding hydrogens is 246 g/mol. The van der Waals surface area contributed by atoms with Crippen LogP contribution in [0, 0.1) is 0 Å². The minimum atomic E-state index is 0. The van der Waals surface area contributed by atoms with Gasteiger partial charge >= 0.3 is 0 Å². The molecule has 2 N–H and O–H groups in total. The Morgan fingerprint density at radius 1 is 1.17 bits per heavy atom. The van der Waals surface area contributed by atoms with E-state index in [-0.39, 0.29) is 26.6 Å². The first kappa shape index (κ1) is 9.82. The van der Waals surface area contributed by atoms with Gasteiger partial charge in [0.2, 0.25) is 0 Å². The van der Waals surface area contributed by atoms with Gasteiger partial charge in [-0.2, -0.15) is 0 Å². The van der Waals surface area contributed by atoms with Gasteiger partial charge in [-0.15, -0.1) is 0 Å². The number of nitrogens with two attached hydrogens (primary N) is 1. The molecule has 0 aliphatic carbocycles. The Bertz CT molecular complexity index is 23.0. The van der Waals surface area contributed by atoms with Crippen LogP contribution in [-0.2, 0) is 21.1 Å². The first-order valence-corrected chi connectivity index (χ1v) is 1.79. The third-order valence-electron chi connectivity index (χ3n) is 0. The molecule has 0 saturated heterocycles. The molecule has 0 aliphatic rings. The summed E-state index contributed by atoms with van der Waals surface area (Å²) in [6.07, 6.45) is 0. The van der Waals surface area contributed by atoms with E-state index in [0.717, 1.165) is 0 Å². The van der Waals surface area contributed by atoms with Crippen molar-refractivity contribution in [3.63, 3.8) is 0 Å². The fourth-order valence-electron chi connectivity index (χ4n) is 0. The molecule has 0 saturated carbocycles. The minimum absolute atomic E-state index is 0. The van der Waals surface area contributed by atoms with E-state index in [1.54, 1.807) is 0 Å². The van der Waals surface area contributed by atoms with Crippen molar-refractivity contribution in [2.75, 3.05) is 0 Å². The van der Waals surface area contributed by atoms with Crippen molar-refractivity contribution in [1.29, 1.82) is 0 Å². The Morgan fingerprint density at radius 3 is 1.17 bits per heavy atom. The maximum Gasteiger partial charge on any atom is 0.00686 e. The predicted octanol–water partition coefficient (Wildman–Crippen LogP) is 0.741. The fraction of sp³-hybridized carbons (Fsp3) is 1.00. The topological polar surface area (TPSA) is 26.0 Å². The summed E-state index contributed by atoms with van der Waals surface area (Å²) in [6, 6.07) is 0. The summed E-state index contributed by atoms with van der Waals surface area (Å²) in [5.74, 6) is 0. The van der Waals surface area contributed by atoms with E-state index in [1.165, 1.54) is 0 Å². The van der Waals surface area contributed by atoms with Gasteiger partial charge in [0, 0.05) is 26.6 Å². The average Bonchev–Trinajstić information content (AvgIpc) is 0.722. The van der Waals surface area contributed by atoms with Crippen molar-refractivity contribution in [1.82, 2.24) is 0 Å². The van der Waals surface area contributed by atoms with E-state index >= 15 is 0 Å². The van der Waals surface area contributed by atoms with Crippen molar-refractivity contribution in [3.05, 3.63) is 0 Å². The molecule has 1 nitrogen and oxygen atoms in total. The summed E-state index contributed by atoms with van der Waals surface area (Å²) >= 11 is 0. The normalized spacial score (nSPS) is 10.0. The molecule has 0 bridgehead atoms. The molecule has 0 unspecified atom stereocenters. The summed E-state index contributed by atoms with van der Waals surface area (Å²) in [4.78, 5) is 0. The van der Waals surface area contributed by atoms with Crippen LogP contribution in [0.25, 0.3) is 0 Å². The van der Waals surface area contributed by atoms with Gasteiger partial charge in [0.25, 0.3) is 0 Å². The quantitative estimate of drug-likeness (QED) is 0.680. The molecule has 2 heteroatoms. The first-order valence-electron chi connectivity index (χ1n) is 1.79. The number of hydrogen-bond donors (Lipinski definition) is 1. The van der Waals surface area contributed by atoms with Gasteiger partial charge in [-0.25, -0.2) is 0 Å². The van der Waals surface area contributed by atoms with E-state index < -0.39 is 0 Å². The van der Waals surface area contributed by atoms with Crippen LogP contribution in [0.3, 0.4) is 0 Å². The summed E-state index contributed by atoms with van der Waals surface area (Å²) in [5, 5.41) is 0. The molecule has 0 aromatic rings. The Hall–Kier alpha value is 0.648. The van der Waals surface area contributed by atoms with E-state index in [0.29, 0.717) is 0 Å². The maximum atomic E-state index is 5.35. The zero-order chi connectivity index (χ0) is 4.50. The van der Waals surface area contributed by atoms with Gasteiger partial charge in [-0.3, -0.25) is 0 Å². The van der Waals surface area contributed by atoms with Gasteiger partial charge in [0.1, 0.15) is 0 Å². The van der Waals surface area contributed by atoms with Crippen LogP contribution in [0.1, 0.15) is 20.8 Å². The standard InChI is InChI=1S/C4H11N.W/c1-4(2,3)5;/h5H2,1-3H3;. The summed E-state index contributed by atoms with van der Waals surface area (Å²) in [6.45, 7) is 5.90. The summed E-state index contributed by atoms with van der Waals surface area (Å²) in [7, 11) is 0. The monoisotopic (exact) mass is 257 g/mol. The van der Waals surface area contributed by atoms with E-state index in [2.05, 4.69) is 0 Å². The Kier molecular flexibility index (Phi) is 4.52. The Labute approximate surface area is 53.6 Å². The van der Waals surface area contributed by atoms with Gasteiger partial charge < -0.3 is 5.73 Å². The van der Waals surface area contributed by atoms with Crippen LogP contribution >= 0.6 is 0 Å². The van der Waals surface area contributed by atoms with Crippen molar-refractivity contribution >= 4 is 0 Å². The van der Waals surface area contributed by atoms with Gasteiger partial charge in [0.05, 0.1) is 0 Å². The van der Waals surface area contributed by atoms with Crippen molar-refractivity contribution < 1.29 is 21.1 Å². The molecule has 0 heterocycles. The second kappa shape index (κ2) is 2.76. The molecule has 0 aromatic carbocycles. The van der Waals surface area contributed by atoms with Crippen LogP contribution in [0.15, 0.2) is 0 Å². The van der Waals surface area contributed by atoms with Crippen molar-refractivity contribution in [2.24, 2.45) is 5.73 Å². The van der Waals surface area contributed by atoms with Crippen molar-refractivity contribution in [3.8, 4) is 0 Å². The zero-order valence-corrected chi connectivity index (χ0v) is 7.42. The van der Waals surface area contributed by atoms with E-state index in [4.69, 9.17) is 5.73 Å². The van der Waals surface area contributed by atoms with E-state index in [9.17, 15) is 0 Å². The minimum Gasteiger partial charge on any atom is -0.326 e. The molecule has 0 radical (unpaired) electrons. The molecule has 0 aromatic heterocycles. The third-order valence-corrected chi connectivity index (χ3v) is 0. The molecular formula is C4H11NW. The molecule has 0 atom stereocenters. The zero-order valence-electron chi connectivity index (χ0n) is 4.49. The molecule has 38 valence electrons. The second-order valence-corrected chi connectivity index (χ2v) is 2.37. The fourth-order valence-corrected chi connectivity index (χ4v) is 0.